The first-order valence-corrected chi connectivity index (χ1v) is 9.49. The molecule has 0 atom stereocenters. The van der Waals surface area contributed by atoms with Gasteiger partial charge in [0.25, 0.3) is 5.69 Å². The number of ether oxygens (including phenoxy) is 1. The van der Waals surface area contributed by atoms with Crippen LogP contribution >= 0.6 is 0 Å². The van der Waals surface area contributed by atoms with Crippen LogP contribution in [-0.4, -0.2) is 26.5 Å². The van der Waals surface area contributed by atoms with Gasteiger partial charge in [-0.3, -0.25) is 10.1 Å². The summed E-state index contributed by atoms with van der Waals surface area (Å²) in [5, 5.41) is 10.8. The number of non-ortho nitro benzene ring substituents is 1. The van der Waals surface area contributed by atoms with Gasteiger partial charge in [-0.1, -0.05) is 24.0 Å². The van der Waals surface area contributed by atoms with E-state index in [1.165, 1.54) is 31.2 Å². The fourth-order valence-electron chi connectivity index (χ4n) is 2.20. The summed E-state index contributed by atoms with van der Waals surface area (Å²) >= 11 is 0. The first kappa shape index (κ1) is 22.2. The van der Waals surface area contributed by atoms with E-state index in [-0.39, 0.29) is 29.5 Å². The Morgan fingerprint density at radius 3 is 2.55 bits per heavy atom. The lowest BCUT2D eigenvalue weighted by Gasteiger charge is -2.08. The number of nitro benzene ring substituents is 1. The zero-order valence-corrected chi connectivity index (χ0v) is 15.8. The molecule has 2 rings (SSSR count). The largest absolute Gasteiger partial charge is 0.481 e. The maximum Gasteiger partial charge on any atom is 0.416 e. The van der Waals surface area contributed by atoms with Crippen molar-refractivity contribution in [3.8, 4) is 17.6 Å². The normalized spacial score (nSPS) is 11.4. The van der Waals surface area contributed by atoms with Crippen molar-refractivity contribution in [2.75, 3.05) is 13.2 Å². The summed E-state index contributed by atoms with van der Waals surface area (Å²) in [7, 11) is -4.03. The maximum absolute atomic E-state index is 12.6. The van der Waals surface area contributed by atoms with Crippen LogP contribution in [0.5, 0.6) is 5.75 Å². The van der Waals surface area contributed by atoms with Gasteiger partial charge in [0.1, 0.15) is 12.4 Å². The number of rotatable bonds is 6. The molecule has 0 bridgehead atoms. The van der Waals surface area contributed by atoms with Crippen LogP contribution in [0, 0.1) is 28.9 Å². The molecule has 7 nitrogen and oxygen atoms in total. The van der Waals surface area contributed by atoms with Crippen molar-refractivity contribution in [1.29, 1.82) is 0 Å². The number of benzene rings is 2. The van der Waals surface area contributed by atoms with Crippen LogP contribution in [0.3, 0.4) is 0 Å². The van der Waals surface area contributed by atoms with E-state index in [1.54, 1.807) is 0 Å². The van der Waals surface area contributed by atoms with Crippen molar-refractivity contribution >= 4 is 15.7 Å². The summed E-state index contributed by atoms with van der Waals surface area (Å²) in [6.07, 6.45) is -4.49. The highest BCUT2D eigenvalue weighted by atomic mass is 32.2. The Hall–Kier alpha value is -3.10. The fraction of sp³-hybridized carbons (Fsp3) is 0.222. The van der Waals surface area contributed by atoms with Crippen molar-refractivity contribution < 1.29 is 31.2 Å². The highest BCUT2D eigenvalue weighted by Gasteiger charge is 2.30. The molecule has 0 fully saturated rings. The van der Waals surface area contributed by atoms with Gasteiger partial charge in [0, 0.05) is 12.1 Å². The van der Waals surface area contributed by atoms with E-state index in [4.69, 9.17) is 4.74 Å². The minimum Gasteiger partial charge on any atom is -0.481 e. The molecule has 154 valence electrons. The minimum atomic E-state index is -4.49. The van der Waals surface area contributed by atoms with E-state index in [9.17, 15) is 31.7 Å². The fourth-order valence-corrected chi connectivity index (χ4v) is 3.38. The number of hydrogen-bond donors (Lipinski definition) is 1. The smallest absolute Gasteiger partial charge is 0.416 e. The van der Waals surface area contributed by atoms with E-state index < -0.39 is 26.7 Å². The summed E-state index contributed by atoms with van der Waals surface area (Å²) < 4.78 is 69.7. The second-order valence-corrected chi connectivity index (χ2v) is 7.43. The van der Waals surface area contributed by atoms with Gasteiger partial charge < -0.3 is 4.74 Å². The number of aryl methyl sites for hydroxylation is 1. The number of nitrogens with zero attached hydrogens (tertiary/aromatic N) is 1. The Morgan fingerprint density at radius 2 is 1.90 bits per heavy atom. The Bertz CT molecular complexity index is 1070. The Labute approximate surface area is 164 Å². The number of sulfonamides is 1. The summed E-state index contributed by atoms with van der Waals surface area (Å²) in [4.78, 5) is 9.86. The number of nitrogens with one attached hydrogen (secondary N) is 1. The maximum atomic E-state index is 12.6. The monoisotopic (exact) mass is 428 g/mol. The SMILES string of the molecule is Cc1ccc([N+](=O)[O-])cc1S(=O)(=O)NCC#CCOc1cccc(C(F)(F)F)c1. The molecule has 0 saturated heterocycles. The second-order valence-electron chi connectivity index (χ2n) is 5.70. The van der Waals surface area contributed by atoms with Gasteiger partial charge in [-0.05, 0) is 30.7 Å². The van der Waals surface area contributed by atoms with Crippen LogP contribution < -0.4 is 9.46 Å². The van der Waals surface area contributed by atoms with E-state index in [1.807, 2.05) is 0 Å². The van der Waals surface area contributed by atoms with Crippen molar-refractivity contribution in [1.82, 2.24) is 4.72 Å². The third-order valence-electron chi connectivity index (χ3n) is 3.62. The molecule has 0 spiro atoms. The van der Waals surface area contributed by atoms with Gasteiger partial charge in [0.15, 0.2) is 0 Å². The number of alkyl halides is 3. The van der Waals surface area contributed by atoms with Crippen LogP contribution in [0.15, 0.2) is 47.4 Å². The molecule has 0 radical (unpaired) electrons. The van der Waals surface area contributed by atoms with E-state index in [2.05, 4.69) is 16.6 Å². The van der Waals surface area contributed by atoms with E-state index in [0.717, 1.165) is 18.2 Å². The molecule has 0 unspecified atom stereocenters. The topological polar surface area (TPSA) is 98.5 Å². The molecule has 0 aliphatic rings. The molecular weight excluding hydrogens is 413 g/mol. The highest BCUT2D eigenvalue weighted by molar-refractivity contribution is 7.89. The lowest BCUT2D eigenvalue weighted by atomic mass is 10.2. The molecule has 1 N–H and O–H groups in total. The predicted molar refractivity (Wildman–Crippen MR) is 97.7 cm³/mol. The average Bonchev–Trinajstić information content (AvgIpc) is 2.64. The van der Waals surface area contributed by atoms with Gasteiger partial charge in [0.2, 0.25) is 10.0 Å². The molecule has 29 heavy (non-hydrogen) atoms. The van der Waals surface area contributed by atoms with Crippen LogP contribution in [0.2, 0.25) is 0 Å². The second kappa shape index (κ2) is 8.93. The highest BCUT2D eigenvalue weighted by Crippen LogP contribution is 2.31. The first-order valence-electron chi connectivity index (χ1n) is 8.01. The summed E-state index contributed by atoms with van der Waals surface area (Å²) in [6.45, 7) is 0.933. The number of halogens is 3. The van der Waals surface area contributed by atoms with Crippen molar-refractivity contribution in [2.24, 2.45) is 0 Å². The summed E-state index contributed by atoms with van der Waals surface area (Å²) in [5.74, 6) is 4.91. The van der Waals surface area contributed by atoms with Crippen molar-refractivity contribution in [3.63, 3.8) is 0 Å². The molecule has 0 aromatic heterocycles. The molecule has 0 aliphatic carbocycles. The Morgan fingerprint density at radius 1 is 1.17 bits per heavy atom. The minimum absolute atomic E-state index is 0.0260. The van der Waals surface area contributed by atoms with Crippen LogP contribution in [0.25, 0.3) is 0 Å². The Balaban J connectivity index is 1.95. The quantitative estimate of drug-likeness (QED) is 0.433. The molecule has 0 saturated carbocycles. The molecule has 11 heteroatoms. The van der Waals surface area contributed by atoms with Crippen LogP contribution in [-0.2, 0) is 16.2 Å². The van der Waals surface area contributed by atoms with E-state index in [0.29, 0.717) is 5.56 Å². The molecular formula is C18H15F3N2O5S. The zero-order valence-electron chi connectivity index (χ0n) is 15.0. The molecule has 2 aromatic carbocycles. The van der Waals surface area contributed by atoms with Gasteiger partial charge in [0.05, 0.1) is 21.9 Å². The summed E-state index contributed by atoms with van der Waals surface area (Å²) in [5.41, 5.74) is -0.900. The summed E-state index contributed by atoms with van der Waals surface area (Å²) in [6, 6.07) is 7.73. The molecule has 0 amide bonds. The van der Waals surface area contributed by atoms with E-state index >= 15 is 0 Å². The average molecular weight is 428 g/mol. The van der Waals surface area contributed by atoms with Crippen molar-refractivity contribution in [2.45, 2.75) is 18.0 Å². The molecule has 2 aromatic rings. The third-order valence-corrected chi connectivity index (χ3v) is 5.16. The van der Waals surface area contributed by atoms with Gasteiger partial charge in [-0.2, -0.15) is 17.9 Å². The lowest BCUT2D eigenvalue weighted by Crippen LogP contribution is -2.25. The number of hydrogen-bond acceptors (Lipinski definition) is 5. The lowest BCUT2D eigenvalue weighted by molar-refractivity contribution is -0.385. The zero-order chi connectivity index (χ0) is 21.7. The molecule has 0 aliphatic heterocycles. The van der Waals surface area contributed by atoms with Crippen LogP contribution in [0.4, 0.5) is 18.9 Å². The predicted octanol–water partition coefficient (Wildman–Crippen LogP) is 3.28. The van der Waals surface area contributed by atoms with Gasteiger partial charge in [-0.15, -0.1) is 0 Å². The van der Waals surface area contributed by atoms with Crippen molar-refractivity contribution in [3.05, 3.63) is 63.7 Å². The molecule has 0 heterocycles. The first-order chi connectivity index (χ1) is 13.5. The Kier molecular flexibility index (Phi) is 6.84. The van der Waals surface area contributed by atoms with Gasteiger partial charge >= 0.3 is 6.18 Å². The third kappa shape index (κ3) is 6.20. The number of nitro groups is 1. The van der Waals surface area contributed by atoms with Crippen LogP contribution in [0.1, 0.15) is 11.1 Å². The van der Waals surface area contributed by atoms with Gasteiger partial charge in [-0.25, -0.2) is 8.42 Å². The standard InChI is InChI=1S/C18H15F3N2O5S/c1-13-7-8-15(23(24)25)12-17(13)29(26,27)22-9-2-3-10-28-16-6-4-5-14(11-16)18(19,20)21/h4-8,11-12,22H,9-10H2,1H3.